The number of aryl methyl sites for hydroxylation is 2. The first-order chi connectivity index (χ1) is 27.5. The minimum absolute atomic E-state index is 0.317. The molecule has 4 heterocycles. The molecule has 6 aromatic carbocycles. The van der Waals surface area contributed by atoms with E-state index < -0.39 is 0 Å². The van der Waals surface area contributed by atoms with Gasteiger partial charge in [-0.2, -0.15) is 0 Å². The Labute approximate surface area is 322 Å². The van der Waals surface area contributed by atoms with Crippen LogP contribution in [0.3, 0.4) is 0 Å². The Hall–Kier alpha value is -7.47. The predicted molar refractivity (Wildman–Crippen MR) is 229 cm³/mol. The third kappa shape index (κ3) is 5.75. The van der Waals surface area contributed by atoms with Crippen molar-refractivity contribution in [2.45, 2.75) is 20.4 Å². The van der Waals surface area contributed by atoms with Crippen molar-refractivity contribution in [2.75, 3.05) is 0 Å². The topological polar surface area (TPSA) is 100 Å². The predicted octanol–water partition coefficient (Wildman–Crippen LogP) is 13.1. The zero-order valence-corrected chi connectivity index (χ0v) is 30.8. The SMILES string of the molecule is Cc1ccc(-c2ccc3ccc4ccc(-c5ccc(-c6ccc7ccc8ccc(-c9ccc(CN=[N+]=[N-])cc9)nc8c7n6)c6ccccc56)nc4c3n2)c(C)c1. The summed E-state index contributed by atoms with van der Waals surface area (Å²) < 4.78 is 0. The minimum atomic E-state index is 0.317. The van der Waals surface area contributed by atoms with E-state index in [0.29, 0.717) is 6.54 Å². The Morgan fingerprint density at radius 2 is 0.893 bits per heavy atom. The van der Waals surface area contributed by atoms with Gasteiger partial charge in [-0.25, -0.2) is 19.9 Å². The highest BCUT2D eigenvalue weighted by molar-refractivity contribution is 6.09. The third-order valence-corrected chi connectivity index (χ3v) is 10.7. The molecular formula is C49H33N7. The van der Waals surface area contributed by atoms with Gasteiger partial charge in [0.05, 0.1) is 51.4 Å². The second-order valence-corrected chi connectivity index (χ2v) is 14.3. The summed E-state index contributed by atoms with van der Waals surface area (Å²) in [4.78, 5) is 23.8. The lowest BCUT2D eigenvalue weighted by molar-refractivity contribution is 1.05. The van der Waals surface area contributed by atoms with Crippen LogP contribution in [0.15, 0.2) is 157 Å². The van der Waals surface area contributed by atoms with Crippen molar-refractivity contribution in [1.82, 2.24) is 19.9 Å². The first-order valence-electron chi connectivity index (χ1n) is 18.6. The van der Waals surface area contributed by atoms with Crippen molar-refractivity contribution in [2.24, 2.45) is 5.11 Å². The fraction of sp³-hybridized carbons (Fsp3) is 0.0612. The molecule has 4 aromatic heterocycles. The van der Waals surface area contributed by atoms with Crippen LogP contribution < -0.4 is 0 Å². The van der Waals surface area contributed by atoms with Gasteiger partial charge in [-0.3, -0.25) is 0 Å². The molecule has 0 radical (unpaired) electrons. The quantitative estimate of drug-likeness (QED) is 0.0739. The Bertz CT molecular complexity index is 3250. The van der Waals surface area contributed by atoms with E-state index in [1.54, 1.807) is 0 Å². The lowest BCUT2D eigenvalue weighted by Crippen LogP contribution is -1.94. The number of fused-ring (bicyclic) bond motifs is 7. The van der Waals surface area contributed by atoms with Crippen LogP contribution >= 0.6 is 0 Å². The van der Waals surface area contributed by atoms with E-state index in [1.165, 1.54) is 11.1 Å². The first-order valence-corrected chi connectivity index (χ1v) is 18.6. The van der Waals surface area contributed by atoms with E-state index in [9.17, 15) is 0 Å². The molecule has 7 heteroatoms. The average Bonchev–Trinajstić information content (AvgIpc) is 3.24. The van der Waals surface area contributed by atoms with Crippen molar-refractivity contribution in [3.8, 4) is 45.0 Å². The molecule has 0 unspecified atom stereocenters. The Morgan fingerprint density at radius 3 is 1.38 bits per heavy atom. The second kappa shape index (κ2) is 13.4. The number of rotatable bonds is 6. The smallest absolute Gasteiger partial charge is 0.0972 e. The Kier molecular flexibility index (Phi) is 7.94. The lowest BCUT2D eigenvalue weighted by Gasteiger charge is -2.13. The maximum Gasteiger partial charge on any atom is 0.0972 e. The van der Waals surface area contributed by atoms with Crippen LogP contribution in [-0.4, -0.2) is 19.9 Å². The molecule has 56 heavy (non-hydrogen) atoms. The van der Waals surface area contributed by atoms with E-state index in [-0.39, 0.29) is 0 Å². The molecule has 10 rings (SSSR count). The van der Waals surface area contributed by atoms with Crippen LogP contribution in [-0.2, 0) is 6.54 Å². The second-order valence-electron chi connectivity index (χ2n) is 14.3. The summed E-state index contributed by atoms with van der Waals surface area (Å²) in [7, 11) is 0. The van der Waals surface area contributed by atoms with Crippen LogP contribution in [0.5, 0.6) is 0 Å². The number of hydrogen-bond acceptors (Lipinski definition) is 5. The summed E-state index contributed by atoms with van der Waals surface area (Å²) in [5.74, 6) is 0. The average molecular weight is 720 g/mol. The van der Waals surface area contributed by atoms with E-state index in [4.69, 9.17) is 25.5 Å². The summed E-state index contributed by atoms with van der Waals surface area (Å²) in [5, 5.41) is 10.0. The van der Waals surface area contributed by atoms with Crippen LogP contribution in [0.4, 0.5) is 0 Å². The Balaban J connectivity index is 1.08. The van der Waals surface area contributed by atoms with Gasteiger partial charge in [0.1, 0.15) is 0 Å². The fourth-order valence-corrected chi connectivity index (χ4v) is 7.89. The van der Waals surface area contributed by atoms with Gasteiger partial charge in [-0.1, -0.05) is 138 Å². The summed E-state index contributed by atoms with van der Waals surface area (Å²) in [6.45, 7) is 4.58. The molecule has 0 aliphatic carbocycles. The van der Waals surface area contributed by atoms with Gasteiger partial charge in [-0.15, -0.1) is 0 Å². The van der Waals surface area contributed by atoms with Crippen LogP contribution in [0, 0.1) is 13.8 Å². The number of aromatic nitrogens is 4. The third-order valence-electron chi connectivity index (χ3n) is 10.7. The van der Waals surface area contributed by atoms with Crippen LogP contribution in [0.25, 0.3) is 110 Å². The molecule has 0 atom stereocenters. The summed E-state index contributed by atoms with van der Waals surface area (Å²) in [5.41, 5.74) is 23.4. The van der Waals surface area contributed by atoms with E-state index >= 15 is 0 Å². The van der Waals surface area contributed by atoms with Crippen LogP contribution in [0.2, 0.25) is 0 Å². The molecule has 0 amide bonds. The van der Waals surface area contributed by atoms with Gasteiger partial charge in [-0.05, 0) is 65.5 Å². The molecule has 0 N–H and O–H groups in total. The van der Waals surface area contributed by atoms with Crippen molar-refractivity contribution in [3.05, 3.63) is 179 Å². The van der Waals surface area contributed by atoms with E-state index in [1.807, 2.05) is 30.3 Å². The summed E-state index contributed by atoms with van der Waals surface area (Å²) in [6, 6.07) is 52.7. The molecular weight excluding hydrogens is 687 g/mol. The maximum absolute atomic E-state index is 8.70. The van der Waals surface area contributed by atoms with Crippen molar-refractivity contribution in [3.63, 3.8) is 0 Å². The molecule has 0 saturated heterocycles. The summed E-state index contributed by atoms with van der Waals surface area (Å²) >= 11 is 0. The molecule has 10 aromatic rings. The van der Waals surface area contributed by atoms with Gasteiger partial charge >= 0.3 is 0 Å². The number of nitrogens with zero attached hydrogens (tertiary/aromatic N) is 7. The molecule has 7 nitrogen and oxygen atoms in total. The number of pyridine rings is 4. The zero-order valence-electron chi connectivity index (χ0n) is 30.8. The van der Waals surface area contributed by atoms with Gasteiger partial charge in [0.15, 0.2) is 0 Å². The normalized spacial score (nSPS) is 11.5. The standard InChI is InChI=1S/C49H33N7/c1-29-7-20-37(30(2)27-29)43-24-17-34-14-15-36-19-26-45(55-49(36)48(34)53-43)41-22-21-40(38-5-3-4-6-39(38)41)44-25-18-35-13-12-33-16-23-42(52-46(33)47(35)54-44)32-10-8-31(9-11-32)28-51-56-50/h3-27H,28H2,1-2H3. The Morgan fingerprint density at radius 1 is 0.464 bits per heavy atom. The highest BCUT2D eigenvalue weighted by Gasteiger charge is 2.15. The van der Waals surface area contributed by atoms with Gasteiger partial charge < -0.3 is 0 Å². The lowest BCUT2D eigenvalue weighted by atomic mass is 9.95. The molecule has 0 aliphatic heterocycles. The van der Waals surface area contributed by atoms with Crippen molar-refractivity contribution >= 4 is 54.4 Å². The largest absolute Gasteiger partial charge is 0.245 e. The fourth-order valence-electron chi connectivity index (χ4n) is 7.89. The first kappa shape index (κ1) is 33.1. The van der Waals surface area contributed by atoms with E-state index in [0.717, 1.165) is 105 Å². The van der Waals surface area contributed by atoms with Crippen LogP contribution in [0.1, 0.15) is 16.7 Å². The summed E-state index contributed by atoms with van der Waals surface area (Å²) in [6.07, 6.45) is 0. The molecule has 0 saturated carbocycles. The van der Waals surface area contributed by atoms with Gasteiger partial charge in [0.25, 0.3) is 0 Å². The monoisotopic (exact) mass is 719 g/mol. The molecule has 264 valence electrons. The van der Waals surface area contributed by atoms with Gasteiger partial charge in [0.2, 0.25) is 0 Å². The van der Waals surface area contributed by atoms with Crippen molar-refractivity contribution < 1.29 is 0 Å². The number of hydrogen-bond donors (Lipinski definition) is 0. The highest BCUT2D eigenvalue weighted by Crippen LogP contribution is 2.37. The highest BCUT2D eigenvalue weighted by atomic mass is 15.1. The molecule has 0 bridgehead atoms. The number of benzene rings is 6. The molecule has 0 aliphatic rings. The zero-order chi connectivity index (χ0) is 37.8. The van der Waals surface area contributed by atoms with E-state index in [2.05, 4.69) is 145 Å². The maximum atomic E-state index is 8.70. The molecule has 0 fully saturated rings. The molecule has 0 spiro atoms. The van der Waals surface area contributed by atoms with Crippen molar-refractivity contribution in [1.29, 1.82) is 0 Å². The van der Waals surface area contributed by atoms with Gasteiger partial charge in [0, 0.05) is 48.7 Å². The number of azide groups is 1. The minimum Gasteiger partial charge on any atom is -0.245 e.